The molecule has 0 radical (unpaired) electrons. The molecule has 3 aromatic heterocycles. The van der Waals surface area contributed by atoms with Gasteiger partial charge in [-0.05, 0) is 18.4 Å². The average Bonchev–Trinajstić information content (AvgIpc) is 3.31. The average molecular weight is 460 g/mol. The number of amides is 1. The third-order valence-electron chi connectivity index (χ3n) is 3.87. The first-order valence-electron chi connectivity index (χ1n) is 8.39. The highest BCUT2D eigenvalue weighted by atomic mass is 32.2. The molecule has 1 N–H and O–H groups in total. The van der Waals surface area contributed by atoms with Crippen LogP contribution in [0.3, 0.4) is 0 Å². The molecule has 3 rings (SSSR count). The summed E-state index contributed by atoms with van der Waals surface area (Å²) in [4.78, 5) is 31.1. The molecule has 3 heterocycles. The van der Waals surface area contributed by atoms with Crippen molar-refractivity contribution in [3.63, 3.8) is 0 Å². The molecule has 11 heteroatoms. The number of halogens is 3. The number of hydrogen-bond donors (Lipinski definition) is 1. The van der Waals surface area contributed by atoms with Gasteiger partial charge >= 0.3 is 6.18 Å². The van der Waals surface area contributed by atoms with E-state index in [1.165, 1.54) is 40.2 Å². The molecule has 5 nitrogen and oxygen atoms in total. The van der Waals surface area contributed by atoms with E-state index < -0.39 is 23.9 Å². The summed E-state index contributed by atoms with van der Waals surface area (Å²) in [7, 11) is 0. The van der Waals surface area contributed by atoms with Gasteiger partial charge in [0.1, 0.15) is 11.4 Å². The van der Waals surface area contributed by atoms with Crippen molar-refractivity contribution in [2.75, 3.05) is 6.54 Å². The molecule has 0 fully saturated rings. The second kappa shape index (κ2) is 8.72. The van der Waals surface area contributed by atoms with Crippen molar-refractivity contribution in [1.82, 2.24) is 14.9 Å². The van der Waals surface area contributed by atoms with Crippen LogP contribution in [0.5, 0.6) is 0 Å². The summed E-state index contributed by atoms with van der Waals surface area (Å²) in [5.74, 6) is -0.780. The first kappa shape index (κ1) is 21.6. The van der Waals surface area contributed by atoms with Crippen molar-refractivity contribution < 1.29 is 18.0 Å². The van der Waals surface area contributed by atoms with Crippen LogP contribution in [0.2, 0.25) is 0 Å². The van der Waals surface area contributed by atoms with Crippen LogP contribution in [0.25, 0.3) is 20.7 Å². The number of rotatable bonds is 7. The SMILES string of the molecule is C=CCn1c(SC(C)C(=O)NCC(F)(F)F)nc2scc(-c3cccs3)c2c1=O. The molecule has 3 aromatic rings. The zero-order chi connectivity index (χ0) is 21.2. The topological polar surface area (TPSA) is 64.0 Å². The van der Waals surface area contributed by atoms with Crippen LogP contribution in [-0.2, 0) is 11.3 Å². The van der Waals surface area contributed by atoms with Gasteiger partial charge in [0.05, 0.1) is 10.6 Å². The Morgan fingerprint density at radius 1 is 1.45 bits per heavy atom. The standard InChI is InChI=1S/C18H16F3N3O2S3/c1-3-6-24-16(26)13-11(12-5-4-7-27-12)8-28-15(13)23-17(24)29-10(2)14(25)22-9-18(19,20)21/h3-5,7-8,10H,1,6,9H2,2H3,(H,22,25). The summed E-state index contributed by atoms with van der Waals surface area (Å²) in [6.45, 7) is 3.88. The Morgan fingerprint density at radius 3 is 2.83 bits per heavy atom. The number of thioether (sulfide) groups is 1. The van der Waals surface area contributed by atoms with Crippen molar-refractivity contribution >= 4 is 50.6 Å². The van der Waals surface area contributed by atoms with Crippen molar-refractivity contribution in [1.29, 1.82) is 0 Å². The molecule has 0 aliphatic rings. The van der Waals surface area contributed by atoms with Crippen LogP contribution in [0.1, 0.15) is 6.92 Å². The van der Waals surface area contributed by atoms with E-state index in [-0.39, 0.29) is 17.3 Å². The van der Waals surface area contributed by atoms with E-state index in [9.17, 15) is 22.8 Å². The van der Waals surface area contributed by atoms with Gasteiger partial charge < -0.3 is 5.32 Å². The van der Waals surface area contributed by atoms with Gasteiger partial charge in [-0.3, -0.25) is 14.2 Å². The number of carbonyl (C=O) groups excluding carboxylic acids is 1. The van der Waals surface area contributed by atoms with Crippen molar-refractivity contribution in [2.45, 2.75) is 30.1 Å². The van der Waals surface area contributed by atoms with E-state index >= 15 is 0 Å². The van der Waals surface area contributed by atoms with Gasteiger partial charge in [0, 0.05) is 22.4 Å². The first-order chi connectivity index (χ1) is 13.7. The molecule has 1 unspecified atom stereocenters. The summed E-state index contributed by atoms with van der Waals surface area (Å²) in [6.07, 6.45) is -2.96. The van der Waals surface area contributed by atoms with E-state index in [1.807, 2.05) is 28.2 Å². The van der Waals surface area contributed by atoms with Crippen LogP contribution in [0, 0.1) is 0 Å². The van der Waals surface area contributed by atoms with Gasteiger partial charge in [-0.25, -0.2) is 4.98 Å². The van der Waals surface area contributed by atoms with Crippen LogP contribution in [-0.4, -0.2) is 33.4 Å². The number of nitrogens with zero attached hydrogens (tertiary/aromatic N) is 2. The maximum Gasteiger partial charge on any atom is 0.405 e. The molecule has 0 spiro atoms. The Morgan fingerprint density at radius 2 is 2.21 bits per heavy atom. The number of allylic oxidation sites excluding steroid dienone is 1. The molecule has 29 heavy (non-hydrogen) atoms. The van der Waals surface area contributed by atoms with Crippen molar-refractivity contribution in [3.05, 3.63) is 45.9 Å². The largest absolute Gasteiger partial charge is 0.405 e. The van der Waals surface area contributed by atoms with Gasteiger partial charge in [0.2, 0.25) is 5.91 Å². The molecule has 0 saturated heterocycles. The summed E-state index contributed by atoms with van der Waals surface area (Å²) < 4.78 is 38.4. The lowest BCUT2D eigenvalue weighted by Gasteiger charge is -2.15. The molecule has 0 bridgehead atoms. The third-order valence-corrected chi connectivity index (χ3v) is 6.74. The third kappa shape index (κ3) is 4.90. The van der Waals surface area contributed by atoms with Crippen LogP contribution in [0.4, 0.5) is 13.2 Å². The fourth-order valence-corrected chi connectivity index (χ4v) is 5.29. The summed E-state index contributed by atoms with van der Waals surface area (Å²) in [5.41, 5.74) is 0.521. The van der Waals surface area contributed by atoms with E-state index in [1.54, 1.807) is 0 Å². The fraction of sp³-hybridized carbons (Fsp3) is 0.278. The predicted molar refractivity (Wildman–Crippen MR) is 112 cm³/mol. The van der Waals surface area contributed by atoms with Crippen molar-refractivity contribution in [2.24, 2.45) is 0 Å². The van der Waals surface area contributed by atoms with E-state index in [0.717, 1.165) is 22.2 Å². The fourth-order valence-electron chi connectivity index (χ4n) is 2.54. The van der Waals surface area contributed by atoms with Crippen molar-refractivity contribution in [3.8, 4) is 10.4 Å². The molecule has 1 atom stereocenters. The van der Waals surface area contributed by atoms with E-state index in [0.29, 0.717) is 10.2 Å². The van der Waals surface area contributed by atoms with Gasteiger partial charge in [0.15, 0.2) is 5.16 Å². The lowest BCUT2D eigenvalue weighted by molar-refractivity contribution is -0.137. The number of nitrogens with one attached hydrogen (secondary N) is 1. The maximum atomic E-state index is 13.1. The Balaban J connectivity index is 1.96. The molecule has 0 aliphatic heterocycles. The minimum atomic E-state index is -4.49. The molecule has 1 amide bonds. The molecular formula is C18H16F3N3O2S3. The summed E-state index contributed by atoms with van der Waals surface area (Å²) in [6, 6.07) is 3.81. The summed E-state index contributed by atoms with van der Waals surface area (Å²) >= 11 is 3.76. The second-order valence-electron chi connectivity index (χ2n) is 6.00. The zero-order valence-electron chi connectivity index (χ0n) is 15.2. The van der Waals surface area contributed by atoms with E-state index in [4.69, 9.17) is 0 Å². The highest BCUT2D eigenvalue weighted by Gasteiger charge is 2.29. The van der Waals surface area contributed by atoms with Crippen LogP contribution in [0.15, 0.2) is 45.5 Å². The molecule has 0 aliphatic carbocycles. The Kier molecular flexibility index (Phi) is 6.49. The Hall–Kier alpha value is -2.11. The number of thiophene rings is 2. The molecule has 154 valence electrons. The predicted octanol–water partition coefficient (Wildman–Crippen LogP) is 4.53. The number of hydrogen-bond acceptors (Lipinski definition) is 6. The molecule has 0 saturated carbocycles. The van der Waals surface area contributed by atoms with Gasteiger partial charge in [-0.2, -0.15) is 13.2 Å². The maximum absolute atomic E-state index is 13.1. The number of aromatic nitrogens is 2. The zero-order valence-corrected chi connectivity index (χ0v) is 17.6. The Bertz CT molecular complexity index is 1090. The monoisotopic (exact) mass is 459 g/mol. The van der Waals surface area contributed by atoms with Gasteiger partial charge in [0.25, 0.3) is 5.56 Å². The lowest BCUT2D eigenvalue weighted by Crippen LogP contribution is -2.38. The number of carbonyl (C=O) groups is 1. The number of alkyl halides is 3. The number of fused-ring (bicyclic) bond motifs is 1. The minimum absolute atomic E-state index is 0.167. The normalized spacial score (nSPS) is 12.8. The Labute approximate surface area is 176 Å². The summed E-state index contributed by atoms with van der Waals surface area (Å²) in [5, 5.41) is 5.51. The van der Waals surface area contributed by atoms with Gasteiger partial charge in [-0.1, -0.05) is 23.9 Å². The quantitative estimate of drug-likeness (QED) is 0.320. The first-order valence-corrected chi connectivity index (χ1v) is 11.0. The highest BCUT2D eigenvalue weighted by Crippen LogP contribution is 2.35. The van der Waals surface area contributed by atoms with Crippen LogP contribution < -0.4 is 10.9 Å². The van der Waals surface area contributed by atoms with Gasteiger partial charge in [-0.15, -0.1) is 29.3 Å². The molecular weight excluding hydrogens is 443 g/mol. The van der Waals surface area contributed by atoms with Crippen LogP contribution >= 0.6 is 34.4 Å². The molecule has 0 aromatic carbocycles. The van der Waals surface area contributed by atoms with E-state index in [2.05, 4.69) is 11.6 Å². The lowest BCUT2D eigenvalue weighted by atomic mass is 10.2. The second-order valence-corrected chi connectivity index (χ2v) is 9.11. The minimum Gasteiger partial charge on any atom is -0.346 e. The highest BCUT2D eigenvalue weighted by molar-refractivity contribution is 8.00. The smallest absolute Gasteiger partial charge is 0.346 e.